The maximum absolute atomic E-state index is 10.7. The number of rotatable bonds is 9. The summed E-state index contributed by atoms with van der Waals surface area (Å²) in [6, 6.07) is 0. The third-order valence-electron chi connectivity index (χ3n) is 2.26. The second kappa shape index (κ2) is 9.53. The fourth-order valence-electron chi connectivity index (χ4n) is 1.26. The van der Waals surface area contributed by atoms with Gasteiger partial charge in [-0.05, 0) is 32.2 Å². The fraction of sp³-hybridized carbons (Fsp3) is 0.909. The Hall–Kier alpha value is -0.0200. The molecule has 0 aliphatic carbocycles. The molecule has 0 amide bonds. The molecule has 0 aromatic heterocycles. The van der Waals surface area contributed by atoms with E-state index in [1.54, 1.807) is 6.92 Å². The third-order valence-corrected chi connectivity index (χ3v) is 3.31. The van der Waals surface area contributed by atoms with E-state index in [0.717, 1.165) is 31.7 Å². The summed E-state index contributed by atoms with van der Waals surface area (Å²) >= 11 is 1.96. The van der Waals surface area contributed by atoms with Crippen molar-refractivity contribution >= 4 is 17.5 Å². The van der Waals surface area contributed by atoms with Crippen molar-refractivity contribution in [2.75, 3.05) is 31.1 Å². The number of thioether (sulfide) groups is 1. The van der Waals surface area contributed by atoms with Crippen LogP contribution in [0, 0.1) is 0 Å². The minimum atomic E-state index is 0.314. The first-order chi connectivity index (χ1) is 6.70. The average Bonchev–Trinajstić information content (AvgIpc) is 2.16. The highest BCUT2D eigenvalue weighted by molar-refractivity contribution is 7.99. The lowest BCUT2D eigenvalue weighted by molar-refractivity contribution is -0.117. The molecule has 0 saturated heterocycles. The van der Waals surface area contributed by atoms with Crippen LogP contribution in [0.15, 0.2) is 0 Å². The summed E-state index contributed by atoms with van der Waals surface area (Å²) in [5, 5.41) is 0. The van der Waals surface area contributed by atoms with Gasteiger partial charge >= 0.3 is 0 Å². The Labute approximate surface area is 92.4 Å². The Kier molecular flexibility index (Phi) is 9.52. The number of nitrogens with zero attached hydrogens (tertiary/aromatic N) is 1. The molecule has 0 spiro atoms. The first-order valence-electron chi connectivity index (χ1n) is 5.50. The molecule has 0 aromatic rings. The van der Waals surface area contributed by atoms with Crippen LogP contribution >= 0.6 is 11.8 Å². The van der Waals surface area contributed by atoms with Crippen LogP contribution in [0.2, 0.25) is 0 Å². The van der Waals surface area contributed by atoms with E-state index in [-0.39, 0.29) is 0 Å². The van der Waals surface area contributed by atoms with Gasteiger partial charge in [0.05, 0.1) is 0 Å². The van der Waals surface area contributed by atoms with Crippen molar-refractivity contribution in [3.05, 3.63) is 0 Å². The lowest BCUT2D eigenvalue weighted by atomic mass is 10.3. The molecule has 84 valence electrons. The zero-order valence-corrected chi connectivity index (χ0v) is 10.5. The van der Waals surface area contributed by atoms with Crippen molar-refractivity contribution in [1.82, 2.24) is 4.90 Å². The van der Waals surface area contributed by atoms with Crippen molar-refractivity contribution in [3.63, 3.8) is 0 Å². The maximum atomic E-state index is 10.7. The fourth-order valence-corrected chi connectivity index (χ4v) is 2.20. The van der Waals surface area contributed by atoms with Crippen molar-refractivity contribution in [1.29, 1.82) is 0 Å². The Morgan fingerprint density at radius 3 is 2.36 bits per heavy atom. The van der Waals surface area contributed by atoms with Crippen molar-refractivity contribution < 1.29 is 4.79 Å². The summed E-state index contributed by atoms with van der Waals surface area (Å²) in [6.07, 6.45) is 1.79. The monoisotopic (exact) mass is 217 g/mol. The number of hydrogen-bond acceptors (Lipinski definition) is 3. The third kappa shape index (κ3) is 8.57. The molecular formula is C11H23NOS. The van der Waals surface area contributed by atoms with Crippen LogP contribution in [0.1, 0.15) is 33.6 Å². The van der Waals surface area contributed by atoms with Crippen LogP contribution in [0.4, 0.5) is 0 Å². The lowest BCUT2D eigenvalue weighted by Crippen LogP contribution is -2.25. The molecule has 0 saturated carbocycles. The topological polar surface area (TPSA) is 20.3 Å². The molecule has 0 N–H and O–H groups in total. The molecule has 0 radical (unpaired) electrons. The molecule has 0 bridgehead atoms. The summed E-state index contributed by atoms with van der Waals surface area (Å²) in [4.78, 5) is 13.1. The SMILES string of the molecule is CCN(CC)CCSCCCC(C)=O. The van der Waals surface area contributed by atoms with Crippen LogP contribution < -0.4 is 0 Å². The maximum Gasteiger partial charge on any atom is 0.129 e. The second-order valence-electron chi connectivity index (χ2n) is 3.44. The zero-order chi connectivity index (χ0) is 10.8. The molecule has 14 heavy (non-hydrogen) atoms. The Morgan fingerprint density at radius 2 is 1.86 bits per heavy atom. The molecule has 0 aliphatic heterocycles. The van der Waals surface area contributed by atoms with Crippen molar-refractivity contribution in [2.45, 2.75) is 33.6 Å². The summed E-state index contributed by atoms with van der Waals surface area (Å²) in [7, 11) is 0. The molecule has 0 rings (SSSR count). The standard InChI is InChI=1S/C11H23NOS/c1-4-12(5-2)8-10-14-9-6-7-11(3)13/h4-10H2,1-3H3. The van der Waals surface area contributed by atoms with Gasteiger partial charge in [-0.15, -0.1) is 0 Å². The molecule has 0 heterocycles. The smallest absolute Gasteiger partial charge is 0.129 e. The number of Topliss-reactive ketones (excluding diaryl/α,β-unsaturated/α-hetero) is 1. The van der Waals surface area contributed by atoms with Gasteiger partial charge in [0, 0.05) is 18.7 Å². The van der Waals surface area contributed by atoms with Crippen molar-refractivity contribution in [3.8, 4) is 0 Å². The zero-order valence-electron chi connectivity index (χ0n) is 9.71. The Balaban J connectivity index is 3.16. The summed E-state index contributed by atoms with van der Waals surface area (Å²) in [5.41, 5.74) is 0. The minimum absolute atomic E-state index is 0.314. The predicted molar refractivity (Wildman–Crippen MR) is 65.0 cm³/mol. The van der Waals surface area contributed by atoms with Crippen LogP contribution in [0.5, 0.6) is 0 Å². The van der Waals surface area contributed by atoms with E-state index in [0.29, 0.717) is 5.78 Å². The molecule has 0 aromatic carbocycles. The van der Waals surface area contributed by atoms with Gasteiger partial charge in [-0.3, -0.25) is 0 Å². The van der Waals surface area contributed by atoms with Crippen LogP contribution in [0.3, 0.4) is 0 Å². The Morgan fingerprint density at radius 1 is 1.21 bits per heavy atom. The minimum Gasteiger partial charge on any atom is -0.303 e. The lowest BCUT2D eigenvalue weighted by Gasteiger charge is -2.17. The number of carbonyl (C=O) groups excluding carboxylic acids is 1. The molecular weight excluding hydrogens is 194 g/mol. The first-order valence-corrected chi connectivity index (χ1v) is 6.65. The van der Waals surface area contributed by atoms with Gasteiger partial charge in [0.1, 0.15) is 5.78 Å². The summed E-state index contributed by atoms with van der Waals surface area (Å²) in [5.74, 6) is 2.63. The van der Waals surface area contributed by atoms with Gasteiger partial charge in [-0.2, -0.15) is 11.8 Å². The van der Waals surface area contributed by atoms with E-state index >= 15 is 0 Å². The van der Waals surface area contributed by atoms with E-state index in [4.69, 9.17) is 0 Å². The largest absolute Gasteiger partial charge is 0.303 e. The van der Waals surface area contributed by atoms with Gasteiger partial charge in [-0.1, -0.05) is 13.8 Å². The van der Waals surface area contributed by atoms with Crippen molar-refractivity contribution in [2.24, 2.45) is 0 Å². The van der Waals surface area contributed by atoms with Gasteiger partial charge in [0.25, 0.3) is 0 Å². The summed E-state index contributed by atoms with van der Waals surface area (Å²) < 4.78 is 0. The molecule has 0 fully saturated rings. The summed E-state index contributed by atoms with van der Waals surface area (Å²) in [6.45, 7) is 9.53. The molecule has 0 atom stereocenters. The van der Waals surface area contributed by atoms with E-state index < -0.39 is 0 Å². The number of carbonyl (C=O) groups is 1. The molecule has 2 nitrogen and oxygen atoms in total. The van der Waals surface area contributed by atoms with Gasteiger partial charge in [0.15, 0.2) is 0 Å². The number of ketones is 1. The van der Waals surface area contributed by atoms with Gasteiger partial charge in [0.2, 0.25) is 0 Å². The van der Waals surface area contributed by atoms with E-state index in [1.165, 1.54) is 12.3 Å². The predicted octanol–water partition coefficient (Wildman–Crippen LogP) is 2.43. The molecule has 0 unspecified atom stereocenters. The van der Waals surface area contributed by atoms with Gasteiger partial charge in [-0.25, -0.2) is 0 Å². The van der Waals surface area contributed by atoms with Crippen LogP contribution in [-0.4, -0.2) is 41.8 Å². The van der Waals surface area contributed by atoms with Crippen LogP contribution in [-0.2, 0) is 4.79 Å². The quantitative estimate of drug-likeness (QED) is 0.553. The number of hydrogen-bond donors (Lipinski definition) is 0. The van der Waals surface area contributed by atoms with E-state index in [1.807, 2.05) is 11.8 Å². The normalized spacial score (nSPS) is 10.9. The Bertz CT molecular complexity index is 146. The van der Waals surface area contributed by atoms with E-state index in [9.17, 15) is 4.79 Å². The van der Waals surface area contributed by atoms with Gasteiger partial charge < -0.3 is 9.69 Å². The molecule has 3 heteroatoms. The highest BCUT2D eigenvalue weighted by Crippen LogP contribution is 2.05. The van der Waals surface area contributed by atoms with Crippen LogP contribution in [0.25, 0.3) is 0 Å². The second-order valence-corrected chi connectivity index (χ2v) is 4.67. The average molecular weight is 217 g/mol. The molecule has 0 aliphatic rings. The first kappa shape index (κ1) is 14.0. The highest BCUT2D eigenvalue weighted by Gasteiger charge is 1.98. The highest BCUT2D eigenvalue weighted by atomic mass is 32.2. The van der Waals surface area contributed by atoms with E-state index in [2.05, 4.69) is 18.7 Å².